The molecule has 4 aromatic heterocycles. The number of hydrogen-bond donors (Lipinski definition) is 2. The first kappa shape index (κ1) is 29.2. The van der Waals surface area contributed by atoms with Gasteiger partial charge in [0.15, 0.2) is 11.6 Å². The zero-order valence-corrected chi connectivity index (χ0v) is 25.5. The number of nitrogens with zero attached hydrogens (tertiary/aromatic N) is 9. The summed E-state index contributed by atoms with van der Waals surface area (Å²) >= 11 is 0. The molecule has 13 nitrogen and oxygen atoms in total. The third kappa shape index (κ3) is 5.71. The second kappa shape index (κ2) is 12.0. The second-order valence-corrected chi connectivity index (χ2v) is 11.1. The highest BCUT2D eigenvalue weighted by Gasteiger charge is 2.32. The second-order valence-electron chi connectivity index (χ2n) is 11.1. The average Bonchev–Trinajstić information content (AvgIpc) is 3.65. The van der Waals surface area contributed by atoms with Crippen LogP contribution < -0.4 is 14.8 Å². The molecule has 2 N–H and O–H groups in total. The topological polar surface area (TPSA) is 147 Å². The highest BCUT2D eigenvalue weighted by molar-refractivity contribution is 5.97. The number of benzene rings is 1. The SMILES string of the molecule is CCc1nc2c(NCc3ccc(OC)cc3OC)ncc(-c3cnn(-c4ncncc4C)c3)c2nc1[N-][N+]1(C)CC[C@H](O)C1. The van der Waals surface area contributed by atoms with Gasteiger partial charge in [0, 0.05) is 71.4 Å². The van der Waals surface area contributed by atoms with Crippen molar-refractivity contribution in [1.29, 1.82) is 0 Å². The molecule has 1 aromatic carbocycles. The van der Waals surface area contributed by atoms with Gasteiger partial charge in [0.05, 0.1) is 34.0 Å². The van der Waals surface area contributed by atoms with Gasteiger partial charge in [-0.2, -0.15) is 5.10 Å². The number of pyridine rings is 1. The van der Waals surface area contributed by atoms with E-state index in [1.165, 1.54) is 6.33 Å². The fourth-order valence-corrected chi connectivity index (χ4v) is 5.49. The van der Waals surface area contributed by atoms with Gasteiger partial charge in [0.25, 0.3) is 0 Å². The molecule has 5 aromatic rings. The summed E-state index contributed by atoms with van der Waals surface area (Å²) < 4.78 is 13.0. The number of ether oxygens (including phenoxy) is 2. The molecule has 228 valence electrons. The molecule has 0 saturated carbocycles. The Morgan fingerprint density at radius 3 is 2.70 bits per heavy atom. The zero-order valence-electron chi connectivity index (χ0n) is 25.5. The van der Waals surface area contributed by atoms with Crippen molar-refractivity contribution in [3.05, 3.63) is 71.6 Å². The third-order valence-electron chi connectivity index (χ3n) is 7.89. The Labute approximate surface area is 255 Å². The summed E-state index contributed by atoms with van der Waals surface area (Å²) in [5, 5.41) is 18.3. The molecule has 1 aliphatic heterocycles. The van der Waals surface area contributed by atoms with E-state index >= 15 is 0 Å². The van der Waals surface area contributed by atoms with Crippen molar-refractivity contribution in [2.24, 2.45) is 0 Å². The third-order valence-corrected chi connectivity index (χ3v) is 7.89. The monoisotopic (exact) mass is 596 g/mol. The molecule has 0 aliphatic carbocycles. The minimum atomic E-state index is -0.385. The number of aryl methyl sites for hydroxylation is 2. The zero-order chi connectivity index (χ0) is 30.8. The first-order valence-corrected chi connectivity index (χ1v) is 14.5. The number of anilines is 1. The number of methoxy groups -OCH3 is 2. The van der Waals surface area contributed by atoms with Crippen molar-refractivity contribution in [2.45, 2.75) is 39.3 Å². The molecular weight excluding hydrogens is 560 g/mol. The summed E-state index contributed by atoms with van der Waals surface area (Å²) in [5.41, 5.74) is 10.5. The van der Waals surface area contributed by atoms with Gasteiger partial charge in [-0.1, -0.05) is 6.92 Å². The number of nitrogens with one attached hydrogen (secondary N) is 1. The van der Waals surface area contributed by atoms with Crippen LogP contribution >= 0.6 is 0 Å². The summed E-state index contributed by atoms with van der Waals surface area (Å²) in [4.78, 5) is 23.5. The Bertz CT molecular complexity index is 1810. The minimum absolute atomic E-state index is 0.349. The first-order valence-electron chi connectivity index (χ1n) is 14.5. The van der Waals surface area contributed by atoms with Crippen molar-refractivity contribution in [3.8, 4) is 28.4 Å². The van der Waals surface area contributed by atoms with E-state index in [-0.39, 0.29) is 6.10 Å². The van der Waals surface area contributed by atoms with Crippen LogP contribution in [0.5, 0.6) is 11.5 Å². The first-order chi connectivity index (χ1) is 21.3. The number of aromatic nitrogens is 7. The van der Waals surface area contributed by atoms with Crippen LogP contribution in [-0.4, -0.2) is 84.9 Å². The number of hydrogen-bond acceptors (Lipinski definition) is 10. The minimum Gasteiger partial charge on any atom is -0.497 e. The van der Waals surface area contributed by atoms with Crippen molar-refractivity contribution in [1.82, 2.24) is 34.7 Å². The summed E-state index contributed by atoms with van der Waals surface area (Å²) in [6.45, 7) is 5.69. The fourth-order valence-electron chi connectivity index (χ4n) is 5.49. The fraction of sp³-hybridized carbons (Fsp3) is 0.355. The van der Waals surface area contributed by atoms with Crippen LogP contribution in [0.2, 0.25) is 0 Å². The van der Waals surface area contributed by atoms with Crippen LogP contribution in [0.3, 0.4) is 0 Å². The quantitative estimate of drug-likeness (QED) is 0.224. The molecule has 5 heterocycles. The Morgan fingerprint density at radius 2 is 1.98 bits per heavy atom. The van der Waals surface area contributed by atoms with Crippen LogP contribution in [-0.2, 0) is 13.0 Å². The molecule has 1 fully saturated rings. The Morgan fingerprint density at radius 1 is 1.11 bits per heavy atom. The maximum absolute atomic E-state index is 10.2. The molecule has 1 unspecified atom stereocenters. The van der Waals surface area contributed by atoms with E-state index in [0.29, 0.717) is 70.5 Å². The number of aliphatic hydroxyl groups is 1. The van der Waals surface area contributed by atoms with E-state index in [0.717, 1.165) is 34.5 Å². The van der Waals surface area contributed by atoms with Crippen LogP contribution in [0.4, 0.5) is 11.6 Å². The number of aliphatic hydroxyl groups excluding tert-OH is 1. The lowest BCUT2D eigenvalue weighted by molar-refractivity contribution is -0.859. The van der Waals surface area contributed by atoms with Gasteiger partial charge < -0.3 is 24.9 Å². The van der Waals surface area contributed by atoms with Gasteiger partial charge >= 0.3 is 0 Å². The van der Waals surface area contributed by atoms with Crippen LogP contribution in [0, 0.1) is 6.92 Å². The maximum Gasteiger partial charge on any atom is 0.159 e. The lowest BCUT2D eigenvalue weighted by Crippen LogP contribution is -2.37. The molecule has 1 saturated heterocycles. The summed E-state index contributed by atoms with van der Waals surface area (Å²) in [5.74, 6) is 3.26. The van der Waals surface area contributed by atoms with E-state index in [9.17, 15) is 5.11 Å². The van der Waals surface area contributed by atoms with Crippen molar-refractivity contribution < 1.29 is 19.2 Å². The Hall–Kier alpha value is -4.88. The van der Waals surface area contributed by atoms with Gasteiger partial charge in [-0.15, -0.1) is 0 Å². The van der Waals surface area contributed by atoms with Crippen molar-refractivity contribution >= 4 is 22.7 Å². The number of rotatable bonds is 10. The molecule has 1 aliphatic rings. The molecule has 44 heavy (non-hydrogen) atoms. The van der Waals surface area contributed by atoms with Gasteiger partial charge in [0.2, 0.25) is 0 Å². The van der Waals surface area contributed by atoms with E-state index in [4.69, 9.17) is 29.9 Å². The molecule has 0 radical (unpaired) electrons. The van der Waals surface area contributed by atoms with E-state index in [1.54, 1.807) is 37.5 Å². The lowest BCUT2D eigenvalue weighted by atomic mass is 10.1. The lowest BCUT2D eigenvalue weighted by Gasteiger charge is -2.36. The van der Waals surface area contributed by atoms with Crippen LogP contribution in [0.15, 0.2) is 49.3 Å². The highest BCUT2D eigenvalue weighted by Crippen LogP contribution is 2.37. The summed E-state index contributed by atoms with van der Waals surface area (Å²) in [6.07, 6.45) is 9.65. The Kier molecular flexibility index (Phi) is 7.97. The largest absolute Gasteiger partial charge is 0.497 e. The maximum atomic E-state index is 10.2. The van der Waals surface area contributed by atoms with Gasteiger partial charge in [0.1, 0.15) is 36.0 Å². The van der Waals surface area contributed by atoms with Crippen LogP contribution in [0.1, 0.15) is 30.2 Å². The van der Waals surface area contributed by atoms with Crippen molar-refractivity contribution in [2.75, 3.05) is 39.7 Å². The summed E-state index contributed by atoms with van der Waals surface area (Å²) in [7, 11) is 5.27. The molecule has 6 rings (SSSR count). The number of likely N-dealkylation sites (tertiary alicyclic amines) is 1. The normalized spacial score (nSPS) is 18.0. The smallest absolute Gasteiger partial charge is 0.159 e. The van der Waals surface area contributed by atoms with Gasteiger partial charge in [-0.3, -0.25) is 10.0 Å². The number of quaternary nitrogens is 1. The van der Waals surface area contributed by atoms with Crippen LogP contribution in [0.25, 0.3) is 33.4 Å². The Balaban J connectivity index is 1.44. The number of likely N-dealkylation sites (N-methyl/N-ethyl adjacent to an activating group) is 1. The van der Waals surface area contributed by atoms with Gasteiger partial charge in [-0.05, 0) is 31.0 Å². The van der Waals surface area contributed by atoms with E-state index in [1.807, 2.05) is 45.3 Å². The molecule has 13 heteroatoms. The predicted molar refractivity (Wildman–Crippen MR) is 166 cm³/mol. The molecular formula is C31H36N10O3. The predicted octanol–water partition coefficient (Wildman–Crippen LogP) is 4.30. The molecule has 0 amide bonds. The molecule has 2 atom stereocenters. The average molecular weight is 597 g/mol. The van der Waals surface area contributed by atoms with Crippen molar-refractivity contribution in [3.63, 3.8) is 0 Å². The number of fused-ring (bicyclic) bond motifs is 1. The van der Waals surface area contributed by atoms with E-state index < -0.39 is 0 Å². The summed E-state index contributed by atoms with van der Waals surface area (Å²) in [6, 6.07) is 5.70. The molecule has 0 spiro atoms. The van der Waals surface area contributed by atoms with E-state index in [2.05, 4.69) is 20.4 Å². The standard InChI is InChI=1S/C31H36N10O3/c1-6-25-29(39-41(3)10-9-22(42)17-41)38-27-24(21-14-36-40(16-21)31-19(2)12-32-18-35-31)15-34-30(28(27)37-25)33-13-20-7-8-23(43-4)11-26(20)44-5/h7-8,11-12,14-16,18,22,42H,6,9-10,13,17H2,1-5H3,(H,33,34)/t22-,41?/m0/s1. The highest BCUT2D eigenvalue weighted by atomic mass is 16.5. The van der Waals surface area contributed by atoms with Gasteiger partial charge in [-0.25, -0.2) is 24.6 Å². The molecule has 0 bridgehead atoms.